The second kappa shape index (κ2) is 15.6. The molecule has 2 aromatic rings. The summed E-state index contributed by atoms with van der Waals surface area (Å²) in [5.74, 6) is -1.02. The molecule has 0 saturated carbocycles. The van der Waals surface area contributed by atoms with Crippen molar-refractivity contribution in [2.24, 2.45) is 4.99 Å². The number of likely N-dealkylation sites (tertiary alicyclic amines) is 1. The highest BCUT2D eigenvalue weighted by Gasteiger charge is 2.21. The van der Waals surface area contributed by atoms with Crippen LogP contribution >= 0.6 is 11.8 Å². The number of aliphatic imine (C=N–C) groups is 1. The molecule has 0 bridgehead atoms. The fraction of sp³-hybridized carbons (Fsp3) is 0.346. The number of piperidine rings is 1. The number of hydrogen-bond donors (Lipinski definition) is 3. The maximum Gasteiger partial charge on any atom is 0.328 e. The number of fused-ring (bicyclic) bond motifs is 1. The predicted molar refractivity (Wildman–Crippen MR) is 142 cm³/mol. The zero-order chi connectivity index (χ0) is 25.8. The predicted octanol–water partition coefficient (Wildman–Crippen LogP) is 3.47. The number of carboxylic acids is 2. The van der Waals surface area contributed by atoms with Gasteiger partial charge in [0, 0.05) is 43.6 Å². The first-order valence-electron chi connectivity index (χ1n) is 11.7. The number of amidine groups is 1. The van der Waals surface area contributed by atoms with Crippen molar-refractivity contribution in [1.82, 2.24) is 10.2 Å². The molecule has 0 aliphatic carbocycles. The maximum absolute atomic E-state index is 12.9. The summed E-state index contributed by atoms with van der Waals surface area (Å²) in [5, 5.41) is 20.3. The van der Waals surface area contributed by atoms with Crippen molar-refractivity contribution in [1.29, 1.82) is 0 Å². The Labute approximate surface area is 219 Å². The van der Waals surface area contributed by atoms with E-state index < -0.39 is 11.9 Å². The van der Waals surface area contributed by atoms with Gasteiger partial charge in [-0.3, -0.25) is 0 Å². The van der Waals surface area contributed by atoms with Gasteiger partial charge in [-0.1, -0.05) is 30.0 Å². The van der Waals surface area contributed by atoms with Crippen LogP contribution in [0.1, 0.15) is 24.8 Å². The summed E-state index contributed by atoms with van der Waals surface area (Å²) in [5.41, 5.74) is 2.41. The minimum Gasteiger partial charge on any atom is -0.494 e. The zero-order valence-electron chi connectivity index (χ0n) is 20.3. The number of thioether (sulfide) groups is 1. The SMILES string of the molecule is Fc1ccc(OCCCN2CCC(NC3=Nc4ccccc4CS3)CC2)cc1.O.O=C(O)C=CC(=O)O. The molecule has 11 heteroatoms. The van der Waals surface area contributed by atoms with Gasteiger partial charge in [0.25, 0.3) is 0 Å². The maximum atomic E-state index is 12.9. The van der Waals surface area contributed by atoms with Crippen LogP contribution in [0.2, 0.25) is 0 Å². The van der Waals surface area contributed by atoms with Gasteiger partial charge in [0.2, 0.25) is 0 Å². The standard InChI is InChI=1S/C22H26FN3OS.C4H4O4.H2O/c23-18-6-8-20(9-7-18)27-15-3-12-26-13-10-19(11-14-26)24-22-25-21-5-2-1-4-17(21)16-28-22;5-3(6)1-2-4(7)8;/h1-2,4-9,19H,3,10-16H2,(H,24,25);1-2H,(H,5,6)(H,7,8);1H2. The molecule has 1 fully saturated rings. The number of carbonyl (C=O) groups is 2. The van der Waals surface area contributed by atoms with Crippen molar-refractivity contribution >= 4 is 34.6 Å². The molecular formula is C26H32FN3O6S. The minimum absolute atomic E-state index is 0. The summed E-state index contributed by atoms with van der Waals surface area (Å²) in [7, 11) is 0. The smallest absolute Gasteiger partial charge is 0.328 e. The van der Waals surface area contributed by atoms with E-state index in [-0.39, 0.29) is 11.3 Å². The summed E-state index contributed by atoms with van der Waals surface area (Å²) in [6.45, 7) is 3.90. The van der Waals surface area contributed by atoms with Gasteiger partial charge in [0.1, 0.15) is 11.6 Å². The highest BCUT2D eigenvalue weighted by atomic mass is 32.2. The third-order valence-electron chi connectivity index (χ3n) is 5.56. The number of carboxylic acid groups (broad SMARTS) is 2. The van der Waals surface area contributed by atoms with Gasteiger partial charge in [-0.05, 0) is 55.2 Å². The largest absolute Gasteiger partial charge is 0.494 e. The van der Waals surface area contributed by atoms with Crippen LogP contribution in [0.3, 0.4) is 0 Å². The van der Waals surface area contributed by atoms with Gasteiger partial charge < -0.3 is 30.6 Å². The van der Waals surface area contributed by atoms with Crippen molar-refractivity contribution in [3.63, 3.8) is 0 Å². The molecule has 2 aliphatic rings. The summed E-state index contributed by atoms with van der Waals surface area (Å²) >= 11 is 1.80. The van der Waals surface area contributed by atoms with Crippen molar-refractivity contribution in [3.05, 3.63) is 72.1 Å². The lowest BCUT2D eigenvalue weighted by molar-refractivity contribution is -0.134. The van der Waals surface area contributed by atoms with Crippen molar-refractivity contribution in [3.8, 4) is 5.75 Å². The van der Waals surface area contributed by atoms with E-state index in [9.17, 15) is 14.0 Å². The van der Waals surface area contributed by atoms with E-state index in [1.165, 1.54) is 17.7 Å². The molecule has 1 saturated heterocycles. The lowest BCUT2D eigenvalue weighted by Gasteiger charge is -2.33. The zero-order valence-corrected chi connectivity index (χ0v) is 21.1. The van der Waals surface area contributed by atoms with Crippen LogP contribution in [-0.4, -0.2) is 70.0 Å². The number of nitrogens with one attached hydrogen (secondary N) is 1. The third-order valence-corrected chi connectivity index (χ3v) is 6.50. The molecule has 0 amide bonds. The lowest BCUT2D eigenvalue weighted by Crippen LogP contribution is -2.44. The normalized spacial score (nSPS) is 15.4. The molecule has 0 spiro atoms. The van der Waals surface area contributed by atoms with Gasteiger partial charge in [-0.2, -0.15) is 0 Å². The summed E-state index contributed by atoms with van der Waals surface area (Å²) in [4.78, 5) is 26.4. The van der Waals surface area contributed by atoms with Gasteiger partial charge in [0.05, 0.1) is 12.3 Å². The highest BCUT2D eigenvalue weighted by molar-refractivity contribution is 8.13. The van der Waals surface area contributed by atoms with Crippen LogP contribution in [0.25, 0.3) is 0 Å². The van der Waals surface area contributed by atoms with Crippen molar-refractivity contribution < 1.29 is 34.4 Å². The van der Waals surface area contributed by atoms with Crippen LogP contribution in [0.4, 0.5) is 10.1 Å². The number of para-hydroxylation sites is 1. The third kappa shape index (κ3) is 11.0. The van der Waals surface area contributed by atoms with E-state index in [0.717, 1.165) is 61.3 Å². The van der Waals surface area contributed by atoms with E-state index in [0.29, 0.717) is 24.8 Å². The number of aliphatic carboxylic acids is 2. The summed E-state index contributed by atoms with van der Waals surface area (Å²) < 4.78 is 18.6. The number of benzene rings is 2. The molecule has 0 radical (unpaired) electrons. The molecule has 5 N–H and O–H groups in total. The van der Waals surface area contributed by atoms with E-state index in [1.807, 2.05) is 6.07 Å². The molecule has 200 valence electrons. The first kappa shape index (κ1) is 29.8. The number of rotatable bonds is 8. The molecule has 0 unspecified atom stereocenters. The van der Waals surface area contributed by atoms with E-state index in [1.54, 1.807) is 23.9 Å². The monoisotopic (exact) mass is 533 g/mol. The van der Waals surface area contributed by atoms with Crippen LogP contribution < -0.4 is 10.1 Å². The quantitative estimate of drug-likeness (QED) is 0.346. The summed E-state index contributed by atoms with van der Waals surface area (Å²) in [6, 6.07) is 15.1. The van der Waals surface area contributed by atoms with E-state index in [4.69, 9.17) is 19.9 Å². The van der Waals surface area contributed by atoms with E-state index in [2.05, 4.69) is 28.4 Å². The average molecular weight is 534 g/mol. The van der Waals surface area contributed by atoms with Crippen LogP contribution in [0.15, 0.2) is 65.7 Å². The van der Waals surface area contributed by atoms with E-state index >= 15 is 0 Å². The number of nitrogens with zero attached hydrogens (tertiary/aromatic N) is 2. The topological polar surface area (TPSA) is 143 Å². The van der Waals surface area contributed by atoms with Gasteiger partial charge >= 0.3 is 11.9 Å². The van der Waals surface area contributed by atoms with Crippen molar-refractivity contribution in [2.75, 3.05) is 26.2 Å². The lowest BCUT2D eigenvalue weighted by atomic mass is 10.1. The molecule has 4 rings (SSSR count). The first-order valence-corrected chi connectivity index (χ1v) is 12.7. The Morgan fingerprint density at radius 2 is 1.73 bits per heavy atom. The minimum atomic E-state index is -1.26. The number of halogens is 1. The Balaban J connectivity index is 0.000000467. The Hall–Kier alpha value is -3.41. The van der Waals surface area contributed by atoms with Gasteiger partial charge in [0.15, 0.2) is 5.17 Å². The molecule has 2 aliphatic heterocycles. The Kier molecular flexibility index (Phi) is 12.6. The highest BCUT2D eigenvalue weighted by Crippen LogP contribution is 2.30. The number of hydrogen-bond acceptors (Lipinski definition) is 7. The Morgan fingerprint density at radius 1 is 1.08 bits per heavy atom. The molecule has 0 atom stereocenters. The summed E-state index contributed by atoms with van der Waals surface area (Å²) in [6.07, 6.45) is 4.37. The fourth-order valence-electron chi connectivity index (χ4n) is 3.73. The second-order valence-corrected chi connectivity index (χ2v) is 9.22. The average Bonchev–Trinajstić information content (AvgIpc) is 2.88. The molecule has 2 aromatic carbocycles. The van der Waals surface area contributed by atoms with Crippen LogP contribution in [-0.2, 0) is 15.3 Å². The molecule has 37 heavy (non-hydrogen) atoms. The molecule has 9 nitrogen and oxygen atoms in total. The second-order valence-electron chi connectivity index (χ2n) is 8.26. The van der Waals surface area contributed by atoms with Gasteiger partial charge in [-0.15, -0.1) is 0 Å². The Morgan fingerprint density at radius 3 is 2.38 bits per heavy atom. The molecule has 2 heterocycles. The number of ether oxygens (including phenoxy) is 1. The fourth-order valence-corrected chi connectivity index (χ4v) is 4.68. The molecule has 0 aromatic heterocycles. The Bertz CT molecular complexity index is 1060. The van der Waals surface area contributed by atoms with Crippen molar-refractivity contribution in [2.45, 2.75) is 31.1 Å². The van der Waals surface area contributed by atoms with Crippen LogP contribution in [0, 0.1) is 5.82 Å². The first-order chi connectivity index (χ1) is 17.4. The van der Waals surface area contributed by atoms with Crippen LogP contribution in [0.5, 0.6) is 5.75 Å². The van der Waals surface area contributed by atoms with Gasteiger partial charge in [-0.25, -0.2) is 19.0 Å². The molecular weight excluding hydrogens is 501 g/mol.